The molecule has 0 unspecified atom stereocenters. The Bertz CT molecular complexity index is 1100. The van der Waals surface area contributed by atoms with Crippen molar-refractivity contribution in [2.75, 3.05) is 13.1 Å². The smallest absolute Gasteiger partial charge is 0.328 e. The maximum absolute atomic E-state index is 12.6. The monoisotopic (exact) mass is 367 g/mol. The number of rotatable bonds is 4. The summed E-state index contributed by atoms with van der Waals surface area (Å²) >= 11 is 0. The minimum Gasteiger partial charge on any atom is -0.508 e. The highest BCUT2D eigenvalue weighted by molar-refractivity contribution is 5.78. The first-order valence-electron chi connectivity index (χ1n) is 8.94. The first-order chi connectivity index (χ1) is 13.0. The number of hydrogen-bond acceptors (Lipinski definition) is 5. The van der Waals surface area contributed by atoms with Crippen molar-refractivity contribution in [1.82, 2.24) is 14.5 Å². The van der Waals surface area contributed by atoms with Crippen LogP contribution in [0.1, 0.15) is 11.1 Å². The predicted molar refractivity (Wildman–Crippen MR) is 102 cm³/mol. The lowest BCUT2D eigenvalue weighted by Crippen LogP contribution is -2.43. The van der Waals surface area contributed by atoms with Gasteiger partial charge in [0.05, 0.1) is 23.6 Å². The van der Waals surface area contributed by atoms with E-state index in [0.717, 1.165) is 24.1 Å². The van der Waals surface area contributed by atoms with Crippen LogP contribution in [-0.4, -0.2) is 43.9 Å². The molecule has 1 aliphatic rings. The van der Waals surface area contributed by atoms with Crippen molar-refractivity contribution >= 4 is 10.9 Å². The average Bonchev–Trinajstić information content (AvgIpc) is 2.66. The van der Waals surface area contributed by atoms with Gasteiger partial charge >= 0.3 is 5.69 Å². The second kappa shape index (κ2) is 7.02. The zero-order valence-electron chi connectivity index (χ0n) is 14.8. The third-order valence-electron chi connectivity index (χ3n) is 5.04. The van der Waals surface area contributed by atoms with Crippen LogP contribution < -0.4 is 11.2 Å². The number of aliphatic hydroxyl groups is 1. The molecule has 0 bridgehead atoms. The van der Waals surface area contributed by atoms with Crippen molar-refractivity contribution in [3.8, 4) is 5.75 Å². The number of benzene rings is 2. The number of aromatic nitrogens is 2. The van der Waals surface area contributed by atoms with Crippen LogP contribution >= 0.6 is 0 Å². The third kappa shape index (κ3) is 3.51. The van der Waals surface area contributed by atoms with E-state index >= 15 is 0 Å². The topological polar surface area (TPSA) is 98.6 Å². The minimum absolute atomic E-state index is 0.0503. The summed E-state index contributed by atoms with van der Waals surface area (Å²) < 4.78 is 0.990. The van der Waals surface area contributed by atoms with E-state index in [1.165, 1.54) is 29.3 Å². The van der Waals surface area contributed by atoms with Crippen LogP contribution in [0, 0.1) is 0 Å². The van der Waals surface area contributed by atoms with Gasteiger partial charge in [-0.25, -0.2) is 4.79 Å². The zero-order valence-corrected chi connectivity index (χ0v) is 14.8. The summed E-state index contributed by atoms with van der Waals surface area (Å²) in [7, 11) is 0. The van der Waals surface area contributed by atoms with E-state index in [-0.39, 0.29) is 17.7 Å². The largest absolute Gasteiger partial charge is 0.508 e. The first kappa shape index (κ1) is 17.5. The van der Waals surface area contributed by atoms with Gasteiger partial charge in [-0.3, -0.25) is 14.3 Å². The second-order valence-electron chi connectivity index (χ2n) is 6.98. The van der Waals surface area contributed by atoms with Gasteiger partial charge in [0.25, 0.3) is 5.56 Å². The molecule has 0 amide bonds. The van der Waals surface area contributed by atoms with Gasteiger partial charge < -0.3 is 15.2 Å². The van der Waals surface area contributed by atoms with Crippen molar-refractivity contribution in [3.05, 3.63) is 74.4 Å². The van der Waals surface area contributed by atoms with Gasteiger partial charge in [-0.15, -0.1) is 0 Å². The average molecular weight is 367 g/mol. The van der Waals surface area contributed by atoms with Gasteiger partial charge in [0.15, 0.2) is 0 Å². The predicted octanol–water partition coefficient (Wildman–Crippen LogP) is 0.815. The Balaban J connectivity index is 1.53. The van der Waals surface area contributed by atoms with Crippen LogP contribution in [0.25, 0.3) is 10.9 Å². The Kier molecular flexibility index (Phi) is 4.55. The molecule has 7 nitrogen and oxygen atoms in total. The number of phenols is 1. The van der Waals surface area contributed by atoms with E-state index in [1.54, 1.807) is 0 Å². The molecule has 0 radical (unpaired) electrons. The molecule has 7 heteroatoms. The van der Waals surface area contributed by atoms with Crippen molar-refractivity contribution in [2.24, 2.45) is 0 Å². The Morgan fingerprint density at radius 1 is 1.07 bits per heavy atom. The number of aromatic hydroxyl groups is 1. The summed E-state index contributed by atoms with van der Waals surface area (Å²) in [5.41, 5.74) is 1.84. The summed E-state index contributed by atoms with van der Waals surface area (Å²) in [6.07, 6.45) is 0.0578. The molecule has 27 heavy (non-hydrogen) atoms. The highest BCUT2D eigenvalue weighted by Crippen LogP contribution is 2.18. The fraction of sp³-hybridized carbons (Fsp3) is 0.300. The summed E-state index contributed by atoms with van der Waals surface area (Å²) in [6.45, 7) is 1.84. The van der Waals surface area contributed by atoms with Gasteiger partial charge in [0.2, 0.25) is 0 Å². The molecule has 0 saturated carbocycles. The van der Waals surface area contributed by atoms with E-state index in [2.05, 4.69) is 22.0 Å². The number of β-amino-alcohol motifs (C(OH)–C–C–N with tert-alkyl or cyclic N) is 1. The molecule has 1 aliphatic heterocycles. The number of aromatic amines is 1. The summed E-state index contributed by atoms with van der Waals surface area (Å²) in [4.78, 5) is 29.6. The SMILES string of the molecule is O=c1[nH]c2ccc(O)cc2c(=O)n1C[C@H](O)CN1CCc2ccccc2C1. The van der Waals surface area contributed by atoms with E-state index in [1.807, 2.05) is 12.1 Å². The molecule has 0 aliphatic carbocycles. The van der Waals surface area contributed by atoms with Crippen LogP contribution in [-0.2, 0) is 19.5 Å². The molecule has 0 fully saturated rings. The lowest BCUT2D eigenvalue weighted by molar-refractivity contribution is 0.0900. The number of phenolic OH excluding ortho intramolecular Hbond substituents is 1. The van der Waals surface area contributed by atoms with Crippen LogP contribution in [0.3, 0.4) is 0 Å². The van der Waals surface area contributed by atoms with E-state index < -0.39 is 17.4 Å². The van der Waals surface area contributed by atoms with Gasteiger partial charge in [0.1, 0.15) is 5.75 Å². The summed E-state index contributed by atoms with van der Waals surface area (Å²) in [5.74, 6) is -0.0503. The van der Waals surface area contributed by atoms with Gasteiger partial charge in [-0.05, 0) is 35.7 Å². The fourth-order valence-electron chi connectivity index (χ4n) is 3.68. The number of nitrogens with zero attached hydrogens (tertiary/aromatic N) is 2. The lowest BCUT2D eigenvalue weighted by Gasteiger charge is -2.30. The van der Waals surface area contributed by atoms with E-state index in [9.17, 15) is 19.8 Å². The highest BCUT2D eigenvalue weighted by Gasteiger charge is 2.20. The molecule has 4 rings (SSSR count). The van der Waals surface area contributed by atoms with Crippen LogP contribution in [0.5, 0.6) is 5.75 Å². The fourth-order valence-corrected chi connectivity index (χ4v) is 3.68. The molecule has 3 aromatic rings. The summed E-state index contributed by atoms with van der Waals surface area (Å²) in [5, 5.41) is 20.3. The Morgan fingerprint density at radius 3 is 2.67 bits per heavy atom. The Hall–Kier alpha value is -2.90. The molecular weight excluding hydrogens is 346 g/mol. The maximum Gasteiger partial charge on any atom is 0.328 e. The molecule has 140 valence electrons. The second-order valence-corrected chi connectivity index (χ2v) is 6.98. The number of aliphatic hydroxyl groups excluding tert-OH is 1. The Labute approximate surface area is 155 Å². The first-order valence-corrected chi connectivity index (χ1v) is 8.94. The van der Waals surface area contributed by atoms with Crippen LogP contribution in [0.4, 0.5) is 0 Å². The van der Waals surface area contributed by atoms with Crippen molar-refractivity contribution in [3.63, 3.8) is 0 Å². The molecule has 1 atom stereocenters. The van der Waals surface area contributed by atoms with E-state index in [0.29, 0.717) is 12.1 Å². The quantitative estimate of drug-likeness (QED) is 0.634. The molecule has 1 aromatic heterocycles. The standard InChI is InChI=1S/C20H21N3O4/c24-15-5-6-18-17(9-15)19(26)23(20(27)21-18)12-16(25)11-22-8-7-13-3-1-2-4-14(13)10-22/h1-6,9,16,24-25H,7-8,10-12H2,(H,21,27)/t16-/m1/s1. The van der Waals surface area contributed by atoms with Crippen molar-refractivity contribution in [1.29, 1.82) is 0 Å². The highest BCUT2D eigenvalue weighted by atomic mass is 16.3. The number of hydrogen-bond donors (Lipinski definition) is 3. The molecule has 3 N–H and O–H groups in total. The molecular formula is C20H21N3O4. The number of nitrogens with one attached hydrogen (secondary N) is 1. The van der Waals surface area contributed by atoms with Crippen molar-refractivity contribution < 1.29 is 10.2 Å². The maximum atomic E-state index is 12.6. The normalized spacial score (nSPS) is 15.6. The van der Waals surface area contributed by atoms with Gasteiger partial charge in [-0.1, -0.05) is 24.3 Å². The molecule has 0 spiro atoms. The molecule has 0 saturated heterocycles. The number of fused-ring (bicyclic) bond motifs is 2. The zero-order chi connectivity index (χ0) is 19.0. The van der Waals surface area contributed by atoms with Crippen LogP contribution in [0.2, 0.25) is 0 Å². The lowest BCUT2D eigenvalue weighted by atomic mass is 10.00. The number of H-pyrrole nitrogens is 1. The Morgan fingerprint density at radius 2 is 1.85 bits per heavy atom. The third-order valence-corrected chi connectivity index (χ3v) is 5.04. The van der Waals surface area contributed by atoms with Gasteiger partial charge in [0, 0.05) is 19.6 Å². The van der Waals surface area contributed by atoms with Crippen molar-refractivity contribution in [2.45, 2.75) is 25.6 Å². The summed E-state index contributed by atoms with van der Waals surface area (Å²) in [6, 6.07) is 12.4. The molecule has 2 aromatic carbocycles. The van der Waals surface area contributed by atoms with E-state index in [4.69, 9.17) is 0 Å². The van der Waals surface area contributed by atoms with Crippen LogP contribution in [0.15, 0.2) is 52.1 Å². The minimum atomic E-state index is -0.858. The molecule has 2 heterocycles. The van der Waals surface area contributed by atoms with Gasteiger partial charge in [-0.2, -0.15) is 0 Å².